The Balaban J connectivity index is 2.19. The maximum atomic E-state index is 11.8. The third-order valence-corrected chi connectivity index (χ3v) is 4.98. The Labute approximate surface area is 131 Å². The van der Waals surface area contributed by atoms with E-state index in [-0.39, 0.29) is 10.5 Å². The van der Waals surface area contributed by atoms with Crippen LogP contribution in [0.3, 0.4) is 0 Å². The highest BCUT2D eigenvalue weighted by Crippen LogP contribution is 2.27. The first kappa shape index (κ1) is 16.7. The number of sulfone groups is 1. The van der Waals surface area contributed by atoms with Gasteiger partial charge in [0, 0.05) is 46.1 Å². The van der Waals surface area contributed by atoms with E-state index < -0.39 is 9.84 Å². The van der Waals surface area contributed by atoms with Crippen LogP contribution in [0.25, 0.3) is 0 Å². The molecule has 120 valence electrons. The first-order valence-electron chi connectivity index (χ1n) is 7.16. The van der Waals surface area contributed by atoms with Gasteiger partial charge in [-0.3, -0.25) is 4.90 Å². The number of benzene rings is 1. The number of ether oxygens (including phenoxy) is 1. The van der Waals surface area contributed by atoms with Crippen molar-refractivity contribution in [1.29, 1.82) is 5.26 Å². The van der Waals surface area contributed by atoms with E-state index in [2.05, 4.69) is 15.9 Å². The summed E-state index contributed by atoms with van der Waals surface area (Å²) in [7, 11) is -1.72. The lowest BCUT2D eigenvalue weighted by molar-refractivity contribution is 0.144. The van der Waals surface area contributed by atoms with E-state index in [0.29, 0.717) is 12.3 Å². The van der Waals surface area contributed by atoms with E-state index in [1.54, 1.807) is 13.2 Å². The molecule has 1 saturated heterocycles. The Hall–Kier alpha value is -1.62. The SMILES string of the molecule is COCCN1CCN(c2cccc(S(C)(=O)=O)c2C#N)CC1. The Morgan fingerprint density at radius 3 is 2.50 bits per heavy atom. The van der Waals surface area contributed by atoms with Gasteiger partial charge in [-0.05, 0) is 12.1 Å². The van der Waals surface area contributed by atoms with Crippen LogP contribution in [-0.4, -0.2) is 66.0 Å². The molecule has 1 fully saturated rings. The molecule has 6 nitrogen and oxygen atoms in total. The fourth-order valence-corrected chi connectivity index (χ4v) is 3.48. The normalized spacial score (nSPS) is 16.5. The molecule has 0 aliphatic carbocycles. The number of nitrogens with zero attached hydrogens (tertiary/aromatic N) is 3. The minimum absolute atomic E-state index is 0.106. The summed E-state index contributed by atoms with van der Waals surface area (Å²) in [6, 6.07) is 7.07. The van der Waals surface area contributed by atoms with Gasteiger partial charge in [0.2, 0.25) is 0 Å². The average molecular weight is 323 g/mol. The van der Waals surface area contributed by atoms with E-state index in [0.717, 1.165) is 39.0 Å². The van der Waals surface area contributed by atoms with Gasteiger partial charge in [-0.25, -0.2) is 8.42 Å². The zero-order valence-electron chi connectivity index (χ0n) is 12.9. The molecule has 1 heterocycles. The van der Waals surface area contributed by atoms with Gasteiger partial charge in [-0.2, -0.15) is 5.26 Å². The summed E-state index contributed by atoms with van der Waals surface area (Å²) in [6.45, 7) is 4.87. The van der Waals surface area contributed by atoms with Gasteiger partial charge in [-0.1, -0.05) is 6.07 Å². The molecule has 0 aromatic heterocycles. The standard InChI is InChI=1S/C15H21N3O3S/c1-21-11-10-17-6-8-18(9-7-17)14-4-3-5-15(13(14)12-16)22(2,19)20/h3-5H,6-11H2,1-2H3. The van der Waals surface area contributed by atoms with Gasteiger partial charge in [0.15, 0.2) is 9.84 Å². The van der Waals surface area contributed by atoms with Crippen LogP contribution < -0.4 is 4.90 Å². The first-order valence-corrected chi connectivity index (χ1v) is 9.06. The van der Waals surface area contributed by atoms with Gasteiger partial charge < -0.3 is 9.64 Å². The third kappa shape index (κ3) is 3.77. The average Bonchev–Trinajstić information content (AvgIpc) is 2.51. The van der Waals surface area contributed by atoms with Crippen LogP contribution in [0.4, 0.5) is 5.69 Å². The molecule has 1 aliphatic rings. The highest BCUT2D eigenvalue weighted by molar-refractivity contribution is 7.90. The van der Waals surface area contributed by atoms with E-state index in [4.69, 9.17) is 4.74 Å². The van der Waals surface area contributed by atoms with E-state index in [9.17, 15) is 13.7 Å². The highest BCUT2D eigenvalue weighted by Gasteiger charge is 2.23. The smallest absolute Gasteiger partial charge is 0.176 e. The van der Waals surface area contributed by atoms with Crippen molar-refractivity contribution in [3.8, 4) is 6.07 Å². The maximum Gasteiger partial charge on any atom is 0.176 e. The minimum atomic E-state index is -3.41. The zero-order valence-corrected chi connectivity index (χ0v) is 13.8. The molecule has 1 aromatic carbocycles. The summed E-state index contributed by atoms with van der Waals surface area (Å²) in [4.78, 5) is 4.48. The number of rotatable bonds is 5. The lowest BCUT2D eigenvalue weighted by Gasteiger charge is -2.36. The Kier molecular flexibility index (Phi) is 5.40. The fraction of sp³-hybridized carbons (Fsp3) is 0.533. The summed E-state index contributed by atoms with van der Waals surface area (Å²) >= 11 is 0. The summed E-state index contributed by atoms with van der Waals surface area (Å²) in [5.74, 6) is 0. The number of anilines is 1. The summed E-state index contributed by atoms with van der Waals surface area (Å²) in [5, 5.41) is 9.39. The molecule has 0 spiro atoms. The molecule has 0 N–H and O–H groups in total. The molecular weight excluding hydrogens is 302 g/mol. The van der Waals surface area contributed by atoms with Gasteiger partial charge in [-0.15, -0.1) is 0 Å². The molecule has 0 saturated carbocycles. The van der Waals surface area contributed by atoms with Crippen LogP contribution in [0.15, 0.2) is 23.1 Å². The molecule has 7 heteroatoms. The van der Waals surface area contributed by atoms with Gasteiger partial charge >= 0.3 is 0 Å². The number of hydrogen-bond donors (Lipinski definition) is 0. The Morgan fingerprint density at radius 2 is 1.95 bits per heavy atom. The number of nitriles is 1. The second-order valence-corrected chi connectivity index (χ2v) is 7.34. The Morgan fingerprint density at radius 1 is 1.27 bits per heavy atom. The van der Waals surface area contributed by atoms with Crippen molar-refractivity contribution in [2.75, 3.05) is 57.6 Å². The lowest BCUT2D eigenvalue weighted by atomic mass is 10.1. The Bertz CT molecular complexity index is 659. The van der Waals surface area contributed by atoms with Crippen molar-refractivity contribution in [2.45, 2.75) is 4.90 Å². The van der Waals surface area contributed by atoms with Gasteiger partial charge in [0.05, 0.1) is 22.8 Å². The van der Waals surface area contributed by atoms with E-state index in [1.165, 1.54) is 6.07 Å². The van der Waals surface area contributed by atoms with Crippen molar-refractivity contribution >= 4 is 15.5 Å². The molecule has 0 amide bonds. The van der Waals surface area contributed by atoms with Crippen LogP contribution in [0.2, 0.25) is 0 Å². The lowest BCUT2D eigenvalue weighted by Crippen LogP contribution is -2.47. The van der Waals surface area contributed by atoms with Crippen LogP contribution in [0, 0.1) is 11.3 Å². The summed E-state index contributed by atoms with van der Waals surface area (Å²) in [5.41, 5.74) is 0.951. The summed E-state index contributed by atoms with van der Waals surface area (Å²) in [6.07, 6.45) is 1.13. The molecule has 0 unspecified atom stereocenters. The van der Waals surface area contributed by atoms with Crippen LogP contribution in [-0.2, 0) is 14.6 Å². The highest BCUT2D eigenvalue weighted by atomic mass is 32.2. The largest absolute Gasteiger partial charge is 0.383 e. The van der Waals surface area contributed by atoms with E-state index >= 15 is 0 Å². The summed E-state index contributed by atoms with van der Waals surface area (Å²) < 4.78 is 28.7. The van der Waals surface area contributed by atoms with Crippen molar-refractivity contribution in [3.05, 3.63) is 23.8 Å². The molecule has 0 radical (unpaired) electrons. The van der Waals surface area contributed by atoms with Crippen molar-refractivity contribution in [1.82, 2.24) is 4.90 Å². The number of hydrogen-bond acceptors (Lipinski definition) is 6. The fourth-order valence-electron chi connectivity index (χ4n) is 2.64. The second-order valence-electron chi connectivity index (χ2n) is 5.36. The third-order valence-electron chi connectivity index (χ3n) is 3.84. The van der Waals surface area contributed by atoms with E-state index in [1.807, 2.05) is 6.07 Å². The molecule has 1 aliphatic heterocycles. The van der Waals surface area contributed by atoms with Crippen molar-refractivity contribution < 1.29 is 13.2 Å². The topological polar surface area (TPSA) is 73.6 Å². The quantitative estimate of drug-likeness (QED) is 0.795. The molecule has 0 bridgehead atoms. The van der Waals surface area contributed by atoms with Crippen LogP contribution >= 0.6 is 0 Å². The molecule has 0 atom stereocenters. The van der Waals surface area contributed by atoms with Crippen LogP contribution in [0.5, 0.6) is 0 Å². The van der Waals surface area contributed by atoms with Crippen molar-refractivity contribution in [3.63, 3.8) is 0 Å². The van der Waals surface area contributed by atoms with Crippen molar-refractivity contribution in [2.24, 2.45) is 0 Å². The second kappa shape index (κ2) is 7.09. The maximum absolute atomic E-state index is 11.8. The monoisotopic (exact) mass is 323 g/mol. The van der Waals surface area contributed by atoms with Crippen LogP contribution in [0.1, 0.15) is 5.56 Å². The predicted octanol–water partition coefficient (Wildman–Crippen LogP) is 0.730. The molecule has 1 aromatic rings. The molecular formula is C15H21N3O3S. The number of piperazine rings is 1. The predicted molar refractivity (Wildman–Crippen MR) is 84.8 cm³/mol. The first-order chi connectivity index (χ1) is 10.5. The van der Waals surface area contributed by atoms with Gasteiger partial charge in [0.25, 0.3) is 0 Å². The zero-order chi connectivity index (χ0) is 16.2. The molecule has 22 heavy (non-hydrogen) atoms. The number of methoxy groups -OCH3 is 1. The van der Waals surface area contributed by atoms with Gasteiger partial charge in [0.1, 0.15) is 6.07 Å². The molecule has 2 rings (SSSR count). The minimum Gasteiger partial charge on any atom is -0.383 e.